The fraction of sp³-hybridized carbons (Fsp3) is 0.346. The molecular weight excluding hydrogens is 422 g/mol. The Hall–Kier alpha value is -3.61. The molecule has 0 bridgehead atoms. The average Bonchev–Trinajstić information content (AvgIpc) is 2.76. The average molecular weight is 452 g/mol. The number of hydrogen-bond acceptors (Lipinski definition) is 6. The first-order chi connectivity index (χ1) is 15.6. The van der Waals surface area contributed by atoms with Gasteiger partial charge in [0.2, 0.25) is 0 Å². The van der Waals surface area contributed by atoms with Crippen molar-refractivity contribution in [3.8, 4) is 11.5 Å². The van der Waals surface area contributed by atoms with Crippen LogP contribution in [0.2, 0.25) is 0 Å². The molecule has 0 aliphatic rings. The van der Waals surface area contributed by atoms with Gasteiger partial charge in [0.25, 0.3) is 5.91 Å². The van der Waals surface area contributed by atoms with E-state index in [0.717, 1.165) is 12.0 Å². The van der Waals surface area contributed by atoms with E-state index in [2.05, 4.69) is 26.1 Å². The van der Waals surface area contributed by atoms with Crippen molar-refractivity contribution in [2.24, 2.45) is 0 Å². The van der Waals surface area contributed by atoms with Gasteiger partial charge in [-0.3, -0.25) is 4.79 Å². The Morgan fingerprint density at radius 1 is 1.03 bits per heavy atom. The lowest BCUT2D eigenvalue weighted by Crippen LogP contribution is -2.34. The number of esters is 1. The SMILES string of the molecule is CCC(C)NC(=O)c1cc2ccc(OC(=O)COc3ccc(C(C)(C)C)cc3)cc2oc1=O. The lowest BCUT2D eigenvalue weighted by molar-refractivity contribution is -0.136. The molecule has 174 valence electrons. The van der Waals surface area contributed by atoms with Crippen LogP contribution >= 0.6 is 0 Å². The van der Waals surface area contributed by atoms with E-state index in [4.69, 9.17) is 13.9 Å². The second-order valence-corrected chi connectivity index (χ2v) is 8.97. The van der Waals surface area contributed by atoms with Gasteiger partial charge in [-0.15, -0.1) is 0 Å². The van der Waals surface area contributed by atoms with Gasteiger partial charge in [-0.25, -0.2) is 9.59 Å². The highest BCUT2D eigenvalue weighted by Gasteiger charge is 2.17. The highest BCUT2D eigenvalue weighted by atomic mass is 16.6. The zero-order chi connectivity index (χ0) is 24.2. The summed E-state index contributed by atoms with van der Waals surface area (Å²) in [5, 5.41) is 3.29. The third kappa shape index (κ3) is 6.22. The van der Waals surface area contributed by atoms with E-state index in [1.165, 1.54) is 12.1 Å². The largest absolute Gasteiger partial charge is 0.482 e. The quantitative estimate of drug-likeness (QED) is 0.320. The van der Waals surface area contributed by atoms with Crippen LogP contribution in [0, 0.1) is 0 Å². The van der Waals surface area contributed by atoms with Crippen molar-refractivity contribution in [2.45, 2.75) is 52.5 Å². The van der Waals surface area contributed by atoms with Gasteiger partial charge in [0.1, 0.15) is 22.6 Å². The highest BCUT2D eigenvalue weighted by Crippen LogP contribution is 2.24. The van der Waals surface area contributed by atoms with Gasteiger partial charge >= 0.3 is 11.6 Å². The summed E-state index contributed by atoms with van der Waals surface area (Å²) in [7, 11) is 0. The van der Waals surface area contributed by atoms with Crippen LogP contribution in [0.25, 0.3) is 11.0 Å². The van der Waals surface area contributed by atoms with E-state index in [1.54, 1.807) is 12.1 Å². The van der Waals surface area contributed by atoms with Crippen molar-refractivity contribution in [1.82, 2.24) is 5.32 Å². The Labute approximate surface area is 192 Å². The molecule has 1 N–H and O–H groups in total. The second kappa shape index (κ2) is 9.90. The van der Waals surface area contributed by atoms with Gasteiger partial charge < -0.3 is 19.2 Å². The van der Waals surface area contributed by atoms with Crippen molar-refractivity contribution < 1.29 is 23.5 Å². The van der Waals surface area contributed by atoms with E-state index in [0.29, 0.717) is 11.1 Å². The zero-order valence-corrected chi connectivity index (χ0v) is 19.6. The first-order valence-electron chi connectivity index (χ1n) is 10.9. The number of fused-ring (bicyclic) bond motifs is 1. The van der Waals surface area contributed by atoms with Crippen LogP contribution in [0.1, 0.15) is 57.0 Å². The van der Waals surface area contributed by atoms with Crippen LogP contribution in [-0.2, 0) is 10.2 Å². The molecule has 0 aliphatic carbocycles. The predicted molar refractivity (Wildman–Crippen MR) is 126 cm³/mol. The maximum absolute atomic E-state index is 12.3. The topological polar surface area (TPSA) is 94.8 Å². The van der Waals surface area contributed by atoms with Crippen LogP contribution < -0.4 is 20.4 Å². The van der Waals surface area contributed by atoms with E-state index < -0.39 is 17.5 Å². The molecule has 1 unspecified atom stereocenters. The summed E-state index contributed by atoms with van der Waals surface area (Å²) in [5.74, 6) is -0.309. The Kier molecular flexibility index (Phi) is 7.21. The molecule has 1 heterocycles. The van der Waals surface area contributed by atoms with E-state index in [1.807, 2.05) is 38.1 Å². The molecule has 33 heavy (non-hydrogen) atoms. The van der Waals surface area contributed by atoms with Crippen molar-refractivity contribution in [2.75, 3.05) is 6.61 Å². The molecule has 0 radical (unpaired) electrons. The van der Waals surface area contributed by atoms with Crippen LogP contribution in [0.5, 0.6) is 11.5 Å². The summed E-state index contributed by atoms with van der Waals surface area (Å²) >= 11 is 0. The molecule has 7 heteroatoms. The maximum Gasteiger partial charge on any atom is 0.349 e. The smallest absolute Gasteiger partial charge is 0.349 e. The molecule has 3 aromatic rings. The molecule has 0 aliphatic heterocycles. The number of carbonyl (C=O) groups excluding carboxylic acids is 2. The normalized spacial score (nSPS) is 12.3. The fourth-order valence-electron chi connectivity index (χ4n) is 3.07. The van der Waals surface area contributed by atoms with Crippen molar-refractivity contribution in [3.63, 3.8) is 0 Å². The van der Waals surface area contributed by atoms with E-state index in [9.17, 15) is 14.4 Å². The number of carbonyl (C=O) groups is 2. The minimum absolute atomic E-state index is 0.0288. The summed E-state index contributed by atoms with van der Waals surface area (Å²) in [4.78, 5) is 36.8. The third-order valence-corrected chi connectivity index (χ3v) is 5.25. The summed E-state index contributed by atoms with van der Waals surface area (Å²) in [6.45, 7) is 9.87. The number of nitrogens with one attached hydrogen (secondary N) is 1. The third-order valence-electron chi connectivity index (χ3n) is 5.25. The van der Waals surface area contributed by atoms with E-state index >= 15 is 0 Å². The fourth-order valence-corrected chi connectivity index (χ4v) is 3.07. The van der Waals surface area contributed by atoms with Crippen LogP contribution in [0.3, 0.4) is 0 Å². The minimum Gasteiger partial charge on any atom is -0.482 e. The minimum atomic E-state index is -0.756. The lowest BCUT2D eigenvalue weighted by atomic mass is 9.87. The molecule has 0 spiro atoms. The molecule has 0 saturated heterocycles. The lowest BCUT2D eigenvalue weighted by Gasteiger charge is -2.19. The van der Waals surface area contributed by atoms with Crippen molar-refractivity contribution in [1.29, 1.82) is 0 Å². The molecule has 2 aromatic carbocycles. The van der Waals surface area contributed by atoms with Gasteiger partial charge in [-0.05, 0) is 54.7 Å². The van der Waals surface area contributed by atoms with E-state index in [-0.39, 0.29) is 35.0 Å². The summed E-state index contributed by atoms with van der Waals surface area (Å²) in [5.41, 5.74) is 0.577. The van der Waals surface area contributed by atoms with Crippen molar-refractivity contribution in [3.05, 3.63) is 70.1 Å². The molecule has 1 amide bonds. The maximum atomic E-state index is 12.3. The molecule has 0 saturated carbocycles. The number of benzene rings is 2. The Balaban J connectivity index is 1.65. The van der Waals surface area contributed by atoms with Gasteiger partial charge in [0, 0.05) is 17.5 Å². The number of rotatable bonds is 7. The van der Waals surface area contributed by atoms with Crippen LogP contribution in [-0.4, -0.2) is 24.5 Å². The molecule has 1 aromatic heterocycles. The molecule has 3 rings (SSSR count). The Bertz CT molecular complexity index is 1200. The highest BCUT2D eigenvalue weighted by molar-refractivity contribution is 5.97. The second-order valence-electron chi connectivity index (χ2n) is 8.97. The first-order valence-corrected chi connectivity index (χ1v) is 10.9. The number of hydrogen-bond donors (Lipinski definition) is 1. The van der Waals surface area contributed by atoms with Gasteiger partial charge in [0.15, 0.2) is 6.61 Å². The van der Waals surface area contributed by atoms with Crippen LogP contribution in [0.15, 0.2) is 57.7 Å². The molecule has 7 nitrogen and oxygen atoms in total. The summed E-state index contributed by atoms with van der Waals surface area (Å²) < 4.78 is 16.1. The molecule has 0 fully saturated rings. The Morgan fingerprint density at radius 3 is 2.33 bits per heavy atom. The number of ether oxygens (including phenoxy) is 2. The number of amides is 1. The predicted octanol–water partition coefficient (Wildman–Crippen LogP) is 4.60. The standard InChI is InChI=1S/C26H29NO6/c1-6-16(2)27-24(29)21-13-17-7-10-20(14-22(17)33-25(21)30)32-23(28)15-31-19-11-8-18(9-12-19)26(3,4)5/h7-14,16H,6,15H2,1-5H3,(H,27,29). The van der Waals surface area contributed by atoms with Crippen LogP contribution in [0.4, 0.5) is 0 Å². The zero-order valence-electron chi connectivity index (χ0n) is 19.6. The first kappa shape index (κ1) is 24.0. The summed E-state index contributed by atoms with van der Waals surface area (Å²) in [6.07, 6.45) is 0.741. The summed E-state index contributed by atoms with van der Waals surface area (Å²) in [6, 6.07) is 13.6. The Morgan fingerprint density at radius 2 is 1.70 bits per heavy atom. The van der Waals surface area contributed by atoms with Gasteiger partial charge in [0.05, 0.1) is 0 Å². The molecular formula is C26H29NO6. The molecule has 1 atom stereocenters. The van der Waals surface area contributed by atoms with Gasteiger partial charge in [-0.2, -0.15) is 0 Å². The monoisotopic (exact) mass is 451 g/mol. The van der Waals surface area contributed by atoms with Gasteiger partial charge in [-0.1, -0.05) is 39.8 Å². The van der Waals surface area contributed by atoms with Crippen molar-refractivity contribution >= 4 is 22.8 Å².